The van der Waals surface area contributed by atoms with Crippen LogP contribution in [0.3, 0.4) is 0 Å². The van der Waals surface area contributed by atoms with Crippen molar-refractivity contribution in [2.45, 2.75) is 26.2 Å². The lowest BCUT2D eigenvalue weighted by atomic mass is 10.0. The van der Waals surface area contributed by atoms with E-state index in [2.05, 4.69) is 26.2 Å². The van der Waals surface area contributed by atoms with Crippen LogP contribution in [0.5, 0.6) is 0 Å². The number of para-hydroxylation sites is 1. The first kappa shape index (κ1) is 18.6. The van der Waals surface area contributed by atoms with Crippen LogP contribution in [0.15, 0.2) is 46.9 Å². The zero-order valence-electron chi connectivity index (χ0n) is 15.4. The SMILES string of the molecule is Cc1cc(NC(=O)COC(=O)c2c3c(nc4ccccc24)CCC3)ccc1Br. The Morgan fingerprint density at radius 2 is 2.00 bits per heavy atom. The van der Waals surface area contributed by atoms with Crippen LogP contribution in [0.2, 0.25) is 0 Å². The highest BCUT2D eigenvalue weighted by atomic mass is 79.9. The monoisotopic (exact) mass is 438 g/mol. The van der Waals surface area contributed by atoms with Crippen LogP contribution in [0, 0.1) is 6.92 Å². The Morgan fingerprint density at radius 1 is 1.18 bits per heavy atom. The summed E-state index contributed by atoms with van der Waals surface area (Å²) in [5.74, 6) is -0.844. The molecule has 4 rings (SSSR count). The predicted molar refractivity (Wildman–Crippen MR) is 112 cm³/mol. The molecule has 1 aliphatic carbocycles. The maximum absolute atomic E-state index is 12.8. The number of aromatic nitrogens is 1. The van der Waals surface area contributed by atoms with Crippen LogP contribution in [0.1, 0.15) is 33.6 Å². The van der Waals surface area contributed by atoms with Gasteiger partial charge in [0, 0.05) is 21.2 Å². The first-order valence-corrected chi connectivity index (χ1v) is 9.96. The summed E-state index contributed by atoms with van der Waals surface area (Å²) in [6.07, 6.45) is 2.65. The molecule has 3 aromatic rings. The molecule has 0 fully saturated rings. The summed E-state index contributed by atoms with van der Waals surface area (Å²) in [5.41, 5.74) is 4.91. The molecule has 0 bridgehead atoms. The molecule has 0 saturated carbocycles. The number of ether oxygens (including phenoxy) is 1. The second kappa shape index (κ2) is 7.72. The number of esters is 1. The van der Waals surface area contributed by atoms with Gasteiger partial charge in [0.1, 0.15) is 0 Å². The molecule has 28 heavy (non-hydrogen) atoms. The van der Waals surface area contributed by atoms with Crippen molar-refractivity contribution >= 4 is 44.4 Å². The zero-order chi connectivity index (χ0) is 19.7. The number of nitrogens with zero attached hydrogens (tertiary/aromatic N) is 1. The number of benzene rings is 2. The van der Waals surface area contributed by atoms with E-state index in [1.807, 2.05) is 43.3 Å². The summed E-state index contributed by atoms with van der Waals surface area (Å²) < 4.78 is 6.33. The number of aryl methyl sites for hydroxylation is 2. The van der Waals surface area contributed by atoms with Crippen LogP contribution in [0.25, 0.3) is 10.9 Å². The number of fused-ring (bicyclic) bond motifs is 2. The first-order chi connectivity index (χ1) is 13.5. The Morgan fingerprint density at radius 3 is 2.82 bits per heavy atom. The second-order valence-electron chi connectivity index (χ2n) is 6.87. The molecule has 1 N–H and O–H groups in total. The van der Waals surface area contributed by atoms with Crippen molar-refractivity contribution in [1.29, 1.82) is 0 Å². The molecule has 0 atom stereocenters. The molecule has 0 unspecified atom stereocenters. The molecular formula is C22H19BrN2O3. The second-order valence-corrected chi connectivity index (χ2v) is 7.73. The lowest BCUT2D eigenvalue weighted by Gasteiger charge is -2.12. The molecule has 6 heteroatoms. The summed E-state index contributed by atoms with van der Waals surface area (Å²) in [5, 5.41) is 3.53. The van der Waals surface area contributed by atoms with Crippen molar-refractivity contribution in [3.63, 3.8) is 0 Å². The van der Waals surface area contributed by atoms with E-state index in [4.69, 9.17) is 4.74 Å². The van der Waals surface area contributed by atoms with Crippen molar-refractivity contribution in [2.75, 3.05) is 11.9 Å². The third-order valence-electron chi connectivity index (χ3n) is 4.90. The van der Waals surface area contributed by atoms with Gasteiger partial charge in [0.15, 0.2) is 6.61 Å². The van der Waals surface area contributed by atoms with Gasteiger partial charge in [-0.3, -0.25) is 9.78 Å². The van der Waals surface area contributed by atoms with Crippen LogP contribution < -0.4 is 5.32 Å². The highest BCUT2D eigenvalue weighted by Crippen LogP contribution is 2.30. The Bertz CT molecular complexity index is 1090. The Balaban J connectivity index is 1.51. The molecule has 2 aromatic carbocycles. The Labute approximate surface area is 171 Å². The topological polar surface area (TPSA) is 68.3 Å². The molecule has 1 aliphatic rings. The number of carbonyl (C=O) groups excluding carboxylic acids is 2. The van der Waals surface area contributed by atoms with Crippen molar-refractivity contribution in [2.24, 2.45) is 0 Å². The number of pyridine rings is 1. The average Bonchev–Trinajstić information content (AvgIpc) is 3.15. The van der Waals surface area contributed by atoms with Crippen LogP contribution in [0.4, 0.5) is 5.69 Å². The van der Waals surface area contributed by atoms with Gasteiger partial charge in [-0.15, -0.1) is 0 Å². The van der Waals surface area contributed by atoms with Crippen molar-refractivity contribution in [1.82, 2.24) is 4.98 Å². The van der Waals surface area contributed by atoms with Crippen LogP contribution in [-0.4, -0.2) is 23.5 Å². The lowest BCUT2D eigenvalue weighted by Crippen LogP contribution is -2.21. The van der Waals surface area contributed by atoms with Gasteiger partial charge < -0.3 is 10.1 Å². The van der Waals surface area contributed by atoms with E-state index in [-0.39, 0.29) is 12.5 Å². The number of halogens is 1. The lowest BCUT2D eigenvalue weighted by molar-refractivity contribution is -0.119. The summed E-state index contributed by atoms with van der Waals surface area (Å²) in [6.45, 7) is 1.61. The summed E-state index contributed by atoms with van der Waals surface area (Å²) >= 11 is 3.43. The highest BCUT2D eigenvalue weighted by molar-refractivity contribution is 9.10. The van der Waals surface area contributed by atoms with Gasteiger partial charge in [-0.1, -0.05) is 34.1 Å². The minimum atomic E-state index is -0.473. The van der Waals surface area contributed by atoms with E-state index in [0.717, 1.165) is 51.5 Å². The fourth-order valence-electron chi connectivity index (χ4n) is 3.57. The fraction of sp³-hybridized carbons (Fsp3) is 0.227. The third kappa shape index (κ3) is 3.64. The highest BCUT2D eigenvalue weighted by Gasteiger charge is 2.25. The van der Waals surface area contributed by atoms with Gasteiger partial charge >= 0.3 is 5.97 Å². The maximum Gasteiger partial charge on any atom is 0.339 e. The van der Waals surface area contributed by atoms with Crippen molar-refractivity contribution in [3.8, 4) is 0 Å². The minimum Gasteiger partial charge on any atom is -0.452 e. The van der Waals surface area contributed by atoms with E-state index in [1.54, 1.807) is 6.07 Å². The number of hydrogen-bond donors (Lipinski definition) is 1. The van der Waals surface area contributed by atoms with Gasteiger partial charge in [0.05, 0.1) is 11.1 Å². The number of anilines is 1. The van der Waals surface area contributed by atoms with Gasteiger partial charge in [0.25, 0.3) is 5.91 Å². The summed E-state index contributed by atoms with van der Waals surface area (Å²) in [7, 11) is 0. The van der Waals surface area contributed by atoms with E-state index in [1.165, 1.54) is 0 Å². The summed E-state index contributed by atoms with van der Waals surface area (Å²) in [4.78, 5) is 29.7. The summed E-state index contributed by atoms with van der Waals surface area (Å²) in [6, 6.07) is 13.1. The largest absolute Gasteiger partial charge is 0.452 e. The standard InChI is InChI=1S/C22H19BrN2O3/c1-13-11-14(9-10-17(13)23)24-20(26)12-28-22(27)21-15-5-2-3-7-18(15)25-19-8-4-6-16(19)21/h2-3,5,7,9-11H,4,6,8,12H2,1H3,(H,24,26). The Kier molecular flexibility index (Phi) is 5.13. The van der Waals surface area contributed by atoms with Gasteiger partial charge in [0.2, 0.25) is 0 Å². The molecule has 0 radical (unpaired) electrons. The first-order valence-electron chi connectivity index (χ1n) is 9.16. The van der Waals surface area contributed by atoms with Gasteiger partial charge in [-0.25, -0.2) is 4.79 Å². The minimum absolute atomic E-state index is 0.334. The van der Waals surface area contributed by atoms with E-state index < -0.39 is 5.97 Å². The Hall–Kier alpha value is -2.73. The van der Waals surface area contributed by atoms with Crippen LogP contribution in [-0.2, 0) is 22.4 Å². The van der Waals surface area contributed by atoms with Crippen molar-refractivity contribution < 1.29 is 14.3 Å². The quantitative estimate of drug-likeness (QED) is 0.604. The molecule has 5 nitrogen and oxygen atoms in total. The molecule has 142 valence electrons. The number of hydrogen-bond acceptors (Lipinski definition) is 4. The molecule has 0 aliphatic heterocycles. The fourth-order valence-corrected chi connectivity index (χ4v) is 3.81. The van der Waals surface area contributed by atoms with E-state index >= 15 is 0 Å². The average molecular weight is 439 g/mol. The molecule has 0 saturated heterocycles. The molecule has 1 amide bonds. The number of rotatable bonds is 4. The van der Waals surface area contributed by atoms with Crippen molar-refractivity contribution in [3.05, 3.63) is 69.3 Å². The third-order valence-corrected chi connectivity index (χ3v) is 5.79. The van der Waals surface area contributed by atoms with Gasteiger partial charge in [-0.05, 0) is 61.6 Å². The maximum atomic E-state index is 12.8. The number of carbonyl (C=O) groups is 2. The smallest absolute Gasteiger partial charge is 0.339 e. The van der Waals surface area contributed by atoms with Crippen LogP contribution >= 0.6 is 15.9 Å². The number of nitrogens with one attached hydrogen (secondary N) is 1. The normalized spacial score (nSPS) is 12.6. The molecule has 1 aromatic heterocycles. The van der Waals surface area contributed by atoms with E-state index in [0.29, 0.717) is 11.3 Å². The van der Waals surface area contributed by atoms with E-state index in [9.17, 15) is 9.59 Å². The number of amides is 1. The molecule has 1 heterocycles. The molecule has 0 spiro atoms. The zero-order valence-corrected chi connectivity index (χ0v) is 17.0. The molecular weight excluding hydrogens is 420 g/mol. The van der Waals surface area contributed by atoms with Gasteiger partial charge in [-0.2, -0.15) is 0 Å². The predicted octanol–water partition coefficient (Wildman–Crippen LogP) is 4.59.